The van der Waals surface area contributed by atoms with Crippen LogP contribution in [0, 0.1) is 40.9 Å². The molecule has 3 aliphatic carbocycles. The molecule has 3 fully saturated rings. The van der Waals surface area contributed by atoms with E-state index in [4.69, 9.17) is 5.26 Å². The van der Waals surface area contributed by atoms with Crippen molar-refractivity contribution in [2.24, 2.45) is 29.6 Å². The average Bonchev–Trinajstić information content (AvgIpc) is 2.83. The summed E-state index contributed by atoms with van der Waals surface area (Å²) in [5.41, 5.74) is 0.00200. The molecule has 6 atom stereocenters. The van der Waals surface area contributed by atoms with Crippen LogP contribution in [0.4, 0.5) is 0 Å². The minimum atomic E-state index is 0.00200. The fourth-order valence-corrected chi connectivity index (χ4v) is 5.10. The summed E-state index contributed by atoms with van der Waals surface area (Å²) < 4.78 is 0. The van der Waals surface area contributed by atoms with Crippen molar-refractivity contribution in [2.45, 2.75) is 45.1 Å². The number of hydrogen-bond donors (Lipinski definition) is 1. The van der Waals surface area contributed by atoms with E-state index in [1.807, 2.05) is 0 Å². The first-order valence-corrected chi connectivity index (χ1v) is 6.72. The molecule has 1 amide bonds. The van der Waals surface area contributed by atoms with Crippen LogP contribution in [0.1, 0.15) is 39.5 Å². The molecule has 6 unspecified atom stereocenters. The van der Waals surface area contributed by atoms with Crippen molar-refractivity contribution in [3.63, 3.8) is 0 Å². The smallest absolute Gasteiger partial charge is 0.217 e. The molecule has 0 aromatic carbocycles. The number of hydrogen-bond acceptors (Lipinski definition) is 2. The lowest BCUT2D eigenvalue weighted by atomic mass is 9.72. The third-order valence-electron chi connectivity index (χ3n) is 5.49. The van der Waals surface area contributed by atoms with Crippen LogP contribution in [0.5, 0.6) is 0 Å². The standard InChI is InChI=1S/C14H20N2O/c1-8(17)16-14(2)6-10-5-13(14)12-4-9(7-15)3-11(10)12/h9-13H,3-6H2,1-2H3,(H,16,17). The van der Waals surface area contributed by atoms with Gasteiger partial charge in [0.25, 0.3) is 0 Å². The fraction of sp³-hybridized carbons (Fsp3) is 0.857. The Morgan fingerprint density at radius 1 is 1.35 bits per heavy atom. The van der Waals surface area contributed by atoms with Crippen LogP contribution in [-0.2, 0) is 4.79 Å². The Labute approximate surface area is 103 Å². The zero-order valence-corrected chi connectivity index (χ0v) is 10.6. The van der Waals surface area contributed by atoms with Gasteiger partial charge < -0.3 is 5.32 Å². The van der Waals surface area contributed by atoms with E-state index in [9.17, 15) is 4.79 Å². The van der Waals surface area contributed by atoms with Gasteiger partial charge in [0.1, 0.15) is 0 Å². The minimum Gasteiger partial charge on any atom is -0.351 e. The zero-order valence-electron chi connectivity index (χ0n) is 10.6. The number of carbonyl (C=O) groups excluding carboxylic acids is 1. The van der Waals surface area contributed by atoms with E-state index in [2.05, 4.69) is 18.3 Å². The molecule has 3 aliphatic rings. The Kier molecular flexibility index (Phi) is 2.26. The molecule has 0 aromatic rings. The molecule has 0 aromatic heterocycles. The van der Waals surface area contributed by atoms with Crippen molar-refractivity contribution in [2.75, 3.05) is 0 Å². The third kappa shape index (κ3) is 1.50. The number of fused-ring (bicyclic) bond motifs is 5. The van der Waals surface area contributed by atoms with Crippen LogP contribution in [0.25, 0.3) is 0 Å². The maximum Gasteiger partial charge on any atom is 0.217 e. The van der Waals surface area contributed by atoms with Crippen molar-refractivity contribution in [3.05, 3.63) is 0 Å². The van der Waals surface area contributed by atoms with Gasteiger partial charge in [0.2, 0.25) is 5.91 Å². The van der Waals surface area contributed by atoms with Crippen LogP contribution in [-0.4, -0.2) is 11.4 Å². The van der Waals surface area contributed by atoms with Gasteiger partial charge in [-0.1, -0.05) is 0 Å². The molecule has 3 saturated carbocycles. The summed E-state index contributed by atoms with van der Waals surface area (Å²) in [5.74, 6) is 3.18. The SMILES string of the molecule is CC(=O)NC1(C)CC2CC1C1CC(C#N)CC21. The number of nitrogens with one attached hydrogen (secondary N) is 1. The molecule has 3 nitrogen and oxygen atoms in total. The molecule has 0 saturated heterocycles. The van der Waals surface area contributed by atoms with E-state index in [0.717, 1.165) is 31.1 Å². The van der Waals surface area contributed by atoms with Crippen molar-refractivity contribution < 1.29 is 4.79 Å². The molecule has 0 heterocycles. The number of carbonyl (C=O) groups is 1. The summed E-state index contributed by atoms with van der Waals surface area (Å²) in [5, 5.41) is 12.2. The van der Waals surface area contributed by atoms with E-state index in [-0.39, 0.29) is 17.4 Å². The quantitative estimate of drug-likeness (QED) is 0.752. The largest absolute Gasteiger partial charge is 0.351 e. The summed E-state index contributed by atoms with van der Waals surface area (Å²) in [4.78, 5) is 11.3. The first kappa shape index (κ1) is 11.1. The van der Waals surface area contributed by atoms with Crippen LogP contribution >= 0.6 is 0 Å². The molecule has 0 radical (unpaired) electrons. The van der Waals surface area contributed by atoms with E-state index in [1.54, 1.807) is 6.92 Å². The molecule has 1 N–H and O–H groups in total. The summed E-state index contributed by atoms with van der Waals surface area (Å²) in [7, 11) is 0. The van der Waals surface area contributed by atoms with Crippen LogP contribution in [0.3, 0.4) is 0 Å². The predicted molar refractivity (Wildman–Crippen MR) is 63.8 cm³/mol. The summed E-state index contributed by atoms with van der Waals surface area (Å²) >= 11 is 0. The Bertz CT molecular complexity index is 400. The van der Waals surface area contributed by atoms with E-state index in [0.29, 0.717) is 11.8 Å². The second-order valence-electron chi connectivity index (χ2n) is 6.53. The van der Waals surface area contributed by atoms with Gasteiger partial charge >= 0.3 is 0 Å². The summed E-state index contributed by atoms with van der Waals surface area (Å²) in [6.07, 6.45) is 4.57. The molecule has 2 bridgehead atoms. The second-order valence-corrected chi connectivity index (χ2v) is 6.53. The Morgan fingerprint density at radius 2 is 2.06 bits per heavy atom. The first-order chi connectivity index (χ1) is 8.03. The lowest BCUT2D eigenvalue weighted by molar-refractivity contribution is -0.121. The lowest BCUT2D eigenvalue weighted by Crippen LogP contribution is -2.52. The molecule has 17 heavy (non-hydrogen) atoms. The molecule has 3 heteroatoms. The van der Waals surface area contributed by atoms with E-state index >= 15 is 0 Å². The maximum atomic E-state index is 11.3. The van der Waals surface area contributed by atoms with Gasteiger partial charge in [-0.3, -0.25) is 4.79 Å². The number of nitrogens with zero attached hydrogens (tertiary/aromatic N) is 1. The molecule has 3 rings (SSSR count). The van der Waals surface area contributed by atoms with Crippen LogP contribution in [0.2, 0.25) is 0 Å². The van der Waals surface area contributed by atoms with Gasteiger partial charge in [-0.2, -0.15) is 5.26 Å². The van der Waals surface area contributed by atoms with Crippen molar-refractivity contribution >= 4 is 5.91 Å². The van der Waals surface area contributed by atoms with Gasteiger partial charge in [0, 0.05) is 18.4 Å². The highest BCUT2D eigenvalue weighted by Gasteiger charge is 2.60. The van der Waals surface area contributed by atoms with Crippen LogP contribution in [0.15, 0.2) is 0 Å². The second kappa shape index (κ2) is 3.48. The van der Waals surface area contributed by atoms with Crippen molar-refractivity contribution in [3.8, 4) is 6.07 Å². The van der Waals surface area contributed by atoms with Crippen molar-refractivity contribution in [1.82, 2.24) is 5.32 Å². The first-order valence-electron chi connectivity index (χ1n) is 6.72. The fourth-order valence-electron chi connectivity index (χ4n) is 5.10. The summed E-state index contributed by atoms with van der Waals surface area (Å²) in [6, 6.07) is 2.44. The van der Waals surface area contributed by atoms with Gasteiger partial charge in [-0.25, -0.2) is 0 Å². The van der Waals surface area contributed by atoms with Crippen molar-refractivity contribution in [1.29, 1.82) is 5.26 Å². The van der Waals surface area contributed by atoms with Gasteiger partial charge in [0.05, 0.1) is 6.07 Å². The Hall–Kier alpha value is -1.04. The lowest BCUT2D eigenvalue weighted by Gasteiger charge is -2.40. The zero-order chi connectivity index (χ0) is 12.2. The number of nitriles is 1. The van der Waals surface area contributed by atoms with Gasteiger partial charge in [-0.15, -0.1) is 0 Å². The normalized spacial score (nSPS) is 51.0. The molecular weight excluding hydrogens is 212 g/mol. The topological polar surface area (TPSA) is 52.9 Å². The monoisotopic (exact) mass is 232 g/mol. The number of amides is 1. The Morgan fingerprint density at radius 3 is 2.71 bits per heavy atom. The highest BCUT2D eigenvalue weighted by atomic mass is 16.1. The maximum absolute atomic E-state index is 11.3. The van der Waals surface area contributed by atoms with Gasteiger partial charge in [0.15, 0.2) is 0 Å². The molecule has 0 aliphatic heterocycles. The summed E-state index contributed by atoms with van der Waals surface area (Å²) in [6.45, 7) is 3.82. The molecular formula is C14H20N2O. The average molecular weight is 232 g/mol. The third-order valence-corrected chi connectivity index (χ3v) is 5.49. The molecule has 92 valence electrons. The van der Waals surface area contributed by atoms with Gasteiger partial charge in [-0.05, 0) is 56.3 Å². The predicted octanol–water partition coefficient (Wildman–Crippen LogP) is 2.09. The minimum absolute atomic E-state index is 0.00200. The van der Waals surface area contributed by atoms with Crippen LogP contribution < -0.4 is 5.32 Å². The number of rotatable bonds is 1. The van der Waals surface area contributed by atoms with E-state index in [1.165, 1.54) is 6.42 Å². The highest BCUT2D eigenvalue weighted by molar-refractivity contribution is 5.74. The molecule has 0 spiro atoms. The Balaban J connectivity index is 1.81. The highest BCUT2D eigenvalue weighted by Crippen LogP contribution is 2.63. The van der Waals surface area contributed by atoms with E-state index < -0.39 is 0 Å².